The highest BCUT2D eigenvalue weighted by molar-refractivity contribution is 9.10. The number of morpholine rings is 1. The lowest BCUT2D eigenvalue weighted by Gasteiger charge is -2.31. The molecule has 1 aliphatic rings. The van der Waals surface area contributed by atoms with Crippen molar-refractivity contribution in [2.75, 3.05) is 32.0 Å². The van der Waals surface area contributed by atoms with Crippen LogP contribution in [0.25, 0.3) is 0 Å². The summed E-state index contributed by atoms with van der Waals surface area (Å²) in [7, 11) is -3.75. The first kappa shape index (κ1) is 16.0. The molecule has 1 atom stereocenters. The maximum atomic E-state index is 12.6. The zero-order valence-electron chi connectivity index (χ0n) is 10.4. The van der Waals surface area contributed by atoms with Gasteiger partial charge in [0.1, 0.15) is 0 Å². The molecule has 0 amide bonds. The van der Waals surface area contributed by atoms with Crippen molar-refractivity contribution >= 4 is 43.2 Å². The molecule has 0 spiro atoms. The first-order valence-electron chi connectivity index (χ1n) is 5.83. The molecule has 9 heteroatoms. The Balaban J connectivity index is 2.40. The number of nitrogens with two attached hydrogens (primary N) is 1. The first-order valence-corrected chi connectivity index (χ1v) is 8.44. The van der Waals surface area contributed by atoms with Crippen LogP contribution in [0, 0.1) is 0 Å². The molecule has 1 aromatic rings. The van der Waals surface area contributed by atoms with Gasteiger partial charge < -0.3 is 15.6 Å². The van der Waals surface area contributed by atoms with Crippen molar-refractivity contribution in [1.29, 1.82) is 0 Å². The largest absolute Gasteiger partial charge is 0.398 e. The zero-order valence-corrected chi connectivity index (χ0v) is 13.6. The van der Waals surface area contributed by atoms with Crippen LogP contribution in [0.5, 0.6) is 0 Å². The van der Waals surface area contributed by atoms with E-state index >= 15 is 0 Å². The average Bonchev–Trinajstić information content (AvgIpc) is 2.42. The van der Waals surface area contributed by atoms with Crippen molar-refractivity contribution in [3.05, 3.63) is 21.6 Å². The van der Waals surface area contributed by atoms with E-state index in [9.17, 15) is 8.42 Å². The standard InChI is InChI=1S/C11H14BrClN2O4S/c12-11-9(14)3-7(13)4-10(11)20(17,18)15-1-2-19-8(5-15)6-16/h3-4,8,16H,1-2,5-6,14H2. The van der Waals surface area contributed by atoms with E-state index in [4.69, 9.17) is 27.2 Å². The molecule has 1 aromatic carbocycles. The van der Waals surface area contributed by atoms with E-state index < -0.39 is 16.1 Å². The minimum atomic E-state index is -3.75. The molecule has 1 unspecified atom stereocenters. The molecular weight excluding hydrogens is 372 g/mol. The van der Waals surface area contributed by atoms with Crippen molar-refractivity contribution in [2.45, 2.75) is 11.0 Å². The third kappa shape index (κ3) is 3.10. The quantitative estimate of drug-likeness (QED) is 0.759. The highest BCUT2D eigenvalue weighted by Crippen LogP contribution is 2.33. The van der Waals surface area contributed by atoms with Crippen LogP contribution in [0.3, 0.4) is 0 Å². The van der Waals surface area contributed by atoms with Gasteiger partial charge in [-0.25, -0.2) is 8.42 Å². The molecule has 1 fully saturated rings. The maximum absolute atomic E-state index is 12.6. The van der Waals surface area contributed by atoms with Gasteiger partial charge in [-0.2, -0.15) is 4.31 Å². The summed E-state index contributed by atoms with van der Waals surface area (Å²) in [6.45, 7) is 0.318. The van der Waals surface area contributed by atoms with Crippen LogP contribution >= 0.6 is 27.5 Å². The number of ether oxygens (including phenoxy) is 1. The molecule has 20 heavy (non-hydrogen) atoms. The van der Waals surface area contributed by atoms with Crippen molar-refractivity contribution in [3.63, 3.8) is 0 Å². The monoisotopic (exact) mass is 384 g/mol. The number of halogens is 2. The normalized spacial score (nSPS) is 21.1. The van der Waals surface area contributed by atoms with Crippen LogP contribution in [-0.2, 0) is 14.8 Å². The van der Waals surface area contributed by atoms with Gasteiger partial charge in [0.05, 0.1) is 28.7 Å². The molecule has 0 bridgehead atoms. The Bertz CT molecular complexity index is 611. The fraction of sp³-hybridized carbons (Fsp3) is 0.455. The number of rotatable bonds is 3. The molecule has 3 N–H and O–H groups in total. The van der Waals surface area contributed by atoms with Crippen molar-refractivity contribution in [3.8, 4) is 0 Å². The summed E-state index contributed by atoms with van der Waals surface area (Å²) in [5.74, 6) is 0. The van der Waals surface area contributed by atoms with Gasteiger partial charge in [0.15, 0.2) is 0 Å². The number of hydrogen-bond donors (Lipinski definition) is 2. The number of aliphatic hydroxyl groups excluding tert-OH is 1. The third-order valence-corrected chi connectivity index (χ3v) is 6.21. The molecule has 112 valence electrons. The molecule has 1 heterocycles. The minimum absolute atomic E-state index is 0.0149. The lowest BCUT2D eigenvalue weighted by atomic mass is 10.3. The van der Waals surface area contributed by atoms with Crippen LogP contribution < -0.4 is 5.73 Å². The second kappa shape index (κ2) is 6.17. The Hall–Kier alpha value is -0.380. The lowest BCUT2D eigenvalue weighted by molar-refractivity contribution is -0.0304. The van der Waals surface area contributed by atoms with Crippen molar-refractivity contribution in [2.24, 2.45) is 0 Å². The van der Waals surface area contributed by atoms with Gasteiger partial charge in [-0.3, -0.25) is 0 Å². The van der Waals surface area contributed by atoms with Crippen LogP contribution in [0.4, 0.5) is 5.69 Å². The number of nitrogens with zero attached hydrogens (tertiary/aromatic N) is 1. The highest BCUT2D eigenvalue weighted by atomic mass is 79.9. The van der Waals surface area contributed by atoms with E-state index in [1.54, 1.807) is 0 Å². The van der Waals surface area contributed by atoms with Crippen LogP contribution in [-0.4, -0.2) is 50.2 Å². The highest BCUT2D eigenvalue weighted by Gasteiger charge is 2.32. The van der Waals surface area contributed by atoms with Gasteiger partial charge in [-0.1, -0.05) is 11.6 Å². The summed E-state index contributed by atoms with van der Waals surface area (Å²) in [5, 5.41) is 9.34. The van der Waals surface area contributed by atoms with Crippen LogP contribution in [0.15, 0.2) is 21.5 Å². The van der Waals surface area contributed by atoms with Gasteiger partial charge in [0.25, 0.3) is 0 Å². The zero-order chi connectivity index (χ0) is 14.9. The number of aliphatic hydroxyl groups is 1. The molecule has 0 aromatic heterocycles. The SMILES string of the molecule is Nc1cc(Cl)cc(S(=O)(=O)N2CCOC(CO)C2)c1Br. The average molecular weight is 386 g/mol. The van der Waals surface area contributed by atoms with Crippen molar-refractivity contribution in [1.82, 2.24) is 4.31 Å². The number of hydrogen-bond acceptors (Lipinski definition) is 5. The van der Waals surface area contributed by atoms with E-state index in [0.29, 0.717) is 0 Å². The van der Waals surface area contributed by atoms with Gasteiger partial charge in [0, 0.05) is 23.8 Å². The van der Waals surface area contributed by atoms with E-state index in [2.05, 4.69) is 15.9 Å². The molecule has 1 aliphatic heterocycles. The minimum Gasteiger partial charge on any atom is -0.398 e. The molecule has 1 saturated heterocycles. The van der Waals surface area contributed by atoms with E-state index in [-0.39, 0.29) is 46.4 Å². The summed E-state index contributed by atoms with van der Waals surface area (Å²) in [4.78, 5) is 0.0149. The van der Waals surface area contributed by atoms with Crippen molar-refractivity contribution < 1.29 is 18.3 Å². The molecule has 6 nitrogen and oxygen atoms in total. The fourth-order valence-corrected chi connectivity index (χ4v) is 4.64. The summed E-state index contributed by atoms with van der Waals surface area (Å²) in [6.07, 6.45) is -0.520. The second-order valence-electron chi connectivity index (χ2n) is 4.35. The van der Waals surface area contributed by atoms with Crippen LogP contribution in [0.2, 0.25) is 5.02 Å². The second-order valence-corrected chi connectivity index (χ2v) is 7.48. The maximum Gasteiger partial charge on any atom is 0.244 e. The Kier molecular flexibility index (Phi) is 4.93. The van der Waals surface area contributed by atoms with Crippen LogP contribution in [0.1, 0.15) is 0 Å². The topological polar surface area (TPSA) is 92.9 Å². The fourth-order valence-electron chi connectivity index (χ4n) is 1.93. The molecule has 0 saturated carbocycles. The van der Waals surface area contributed by atoms with Gasteiger partial charge >= 0.3 is 0 Å². The van der Waals surface area contributed by atoms with Gasteiger partial charge in [0.2, 0.25) is 10.0 Å². The number of benzene rings is 1. The first-order chi connectivity index (χ1) is 9.36. The predicted molar refractivity (Wildman–Crippen MR) is 79.1 cm³/mol. The number of nitrogen functional groups attached to an aromatic ring is 1. The molecule has 2 rings (SSSR count). The van der Waals surface area contributed by atoms with Gasteiger partial charge in [-0.15, -0.1) is 0 Å². The predicted octanol–water partition coefficient (Wildman–Crippen LogP) is 1.07. The Labute approximate surface area is 130 Å². The molecule has 0 aliphatic carbocycles. The summed E-state index contributed by atoms with van der Waals surface area (Å²) < 4.78 is 32.0. The Morgan fingerprint density at radius 2 is 2.25 bits per heavy atom. The third-order valence-electron chi connectivity index (χ3n) is 2.96. The Morgan fingerprint density at radius 1 is 1.55 bits per heavy atom. The van der Waals surface area contributed by atoms with Gasteiger partial charge in [-0.05, 0) is 28.1 Å². The summed E-state index contributed by atoms with van der Waals surface area (Å²) >= 11 is 9.05. The number of anilines is 1. The van der Waals surface area contributed by atoms with E-state index in [1.165, 1.54) is 16.4 Å². The van der Waals surface area contributed by atoms with E-state index in [0.717, 1.165) is 0 Å². The molecule has 0 radical (unpaired) electrons. The summed E-state index contributed by atoms with van der Waals surface area (Å²) in [5.41, 5.74) is 5.98. The summed E-state index contributed by atoms with van der Waals surface area (Å²) in [6, 6.07) is 2.82. The van der Waals surface area contributed by atoms with E-state index in [1.807, 2.05) is 0 Å². The number of sulfonamides is 1. The Morgan fingerprint density at radius 3 is 2.90 bits per heavy atom. The smallest absolute Gasteiger partial charge is 0.244 e. The molecular formula is C11H14BrClN2O4S. The lowest BCUT2D eigenvalue weighted by Crippen LogP contribution is -2.46.